The maximum absolute atomic E-state index is 13.1. The predicted molar refractivity (Wildman–Crippen MR) is 81.5 cm³/mol. The van der Waals surface area contributed by atoms with E-state index < -0.39 is 0 Å². The minimum Gasteiger partial charge on any atom is -0.457 e. The Labute approximate surface area is 128 Å². The minimum atomic E-state index is -0.363. The summed E-state index contributed by atoms with van der Waals surface area (Å²) in [5.74, 6) is 0.571. The molecular weight excluding hydrogens is 353 g/mol. The highest BCUT2D eigenvalue weighted by Crippen LogP contribution is 2.30. The van der Waals surface area contributed by atoms with E-state index in [0.717, 1.165) is 0 Å². The number of rotatable bonds is 3. The maximum atomic E-state index is 13.1. The summed E-state index contributed by atoms with van der Waals surface area (Å²) in [6, 6.07) is 9.28. The first-order chi connectivity index (χ1) is 8.97. The van der Waals surface area contributed by atoms with Gasteiger partial charge in [0.2, 0.25) is 0 Å². The van der Waals surface area contributed by atoms with Crippen molar-refractivity contribution in [3.05, 3.63) is 57.3 Å². The Hall–Kier alpha value is -1.17. The van der Waals surface area contributed by atoms with Gasteiger partial charge >= 0.3 is 0 Å². The lowest BCUT2D eigenvalue weighted by Gasteiger charge is -2.11. The number of benzene rings is 2. The molecule has 6 heteroatoms. The van der Waals surface area contributed by atoms with Crippen molar-refractivity contribution in [1.29, 1.82) is 0 Å². The molecule has 2 nitrogen and oxygen atoms in total. The first-order valence-corrected chi connectivity index (χ1v) is 6.77. The van der Waals surface area contributed by atoms with Crippen molar-refractivity contribution in [3.63, 3.8) is 0 Å². The van der Waals surface area contributed by atoms with Crippen LogP contribution in [-0.2, 0) is 0 Å². The average molecular weight is 361 g/mol. The van der Waals surface area contributed by atoms with Gasteiger partial charge in [-0.25, -0.2) is 4.39 Å². The molecule has 0 aliphatic heterocycles. The number of halogens is 3. The van der Waals surface area contributed by atoms with Crippen LogP contribution in [0.4, 0.5) is 4.39 Å². The van der Waals surface area contributed by atoms with E-state index in [1.807, 2.05) is 0 Å². The molecule has 0 amide bonds. The summed E-state index contributed by atoms with van der Waals surface area (Å²) < 4.78 is 19.1. The summed E-state index contributed by atoms with van der Waals surface area (Å²) in [6.07, 6.45) is 0. The van der Waals surface area contributed by atoms with Crippen molar-refractivity contribution in [2.45, 2.75) is 0 Å². The lowest BCUT2D eigenvalue weighted by atomic mass is 10.2. The summed E-state index contributed by atoms with van der Waals surface area (Å²) in [5.41, 5.74) is 6.15. The molecular formula is C13H8BrClFNOS. The Balaban J connectivity index is 2.37. The average Bonchev–Trinajstić information content (AvgIpc) is 2.36. The van der Waals surface area contributed by atoms with Crippen LogP contribution in [0.2, 0.25) is 5.02 Å². The van der Waals surface area contributed by atoms with Gasteiger partial charge in [0, 0.05) is 5.02 Å². The van der Waals surface area contributed by atoms with Gasteiger partial charge in [-0.1, -0.05) is 23.8 Å². The Morgan fingerprint density at radius 1 is 1.26 bits per heavy atom. The molecule has 0 atom stereocenters. The molecule has 2 rings (SSSR count). The minimum absolute atomic E-state index is 0.179. The van der Waals surface area contributed by atoms with Crippen LogP contribution in [0.25, 0.3) is 0 Å². The molecule has 0 aliphatic carbocycles. The van der Waals surface area contributed by atoms with Gasteiger partial charge < -0.3 is 10.5 Å². The Bertz CT molecular complexity index is 651. The van der Waals surface area contributed by atoms with Gasteiger partial charge in [0.05, 0.1) is 10.0 Å². The summed E-state index contributed by atoms with van der Waals surface area (Å²) in [4.78, 5) is 0.179. The molecule has 2 N–H and O–H groups in total. The zero-order valence-electron chi connectivity index (χ0n) is 9.49. The third-order valence-electron chi connectivity index (χ3n) is 2.33. The molecule has 98 valence electrons. The van der Waals surface area contributed by atoms with E-state index in [4.69, 9.17) is 34.3 Å². The normalized spacial score (nSPS) is 10.3. The fraction of sp³-hybridized carbons (Fsp3) is 0. The Morgan fingerprint density at radius 2 is 2.00 bits per heavy atom. The van der Waals surface area contributed by atoms with Gasteiger partial charge in [0.1, 0.15) is 22.3 Å². The number of ether oxygens (including phenoxy) is 1. The Morgan fingerprint density at radius 3 is 2.63 bits per heavy atom. The monoisotopic (exact) mass is 359 g/mol. The van der Waals surface area contributed by atoms with Crippen molar-refractivity contribution >= 4 is 44.7 Å². The summed E-state index contributed by atoms with van der Waals surface area (Å²) >= 11 is 13.9. The first-order valence-electron chi connectivity index (χ1n) is 5.19. The van der Waals surface area contributed by atoms with Crippen LogP contribution in [0.1, 0.15) is 5.56 Å². The van der Waals surface area contributed by atoms with Crippen molar-refractivity contribution in [2.75, 3.05) is 0 Å². The molecule has 0 aromatic heterocycles. The second-order valence-electron chi connectivity index (χ2n) is 3.68. The number of nitrogens with two attached hydrogens (primary N) is 1. The van der Waals surface area contributed by atoms with E-state index in [9.17, 15) is 4.39 Å². The molecule has 0 radical (unpaired) electrons. The molecule has 0 spiro atoms. The molecule has 0 aliphatic rings. The highest BCUT2D eigenvalue weighted by atomic mass is 79.9. The molecule has 0 heterocycles. The number of hydrogen-bond donors (Lipinski definition) is 1. The quantitative estimate of drug-likeness (QED) is 0.808. The third-order valence-corrected chi connectivity index (χ3v) is 3.39. The van der Waals surface area contributed by atoms with Crippen LogP contribution in [0.3, 0.4) is 0 Å². The topological polar surface area (TPSA) is 35.2 Å². The highest BCUT2D eigenvalue weighted by molar-refractivity contribution is 9.10. The van der Waals surface area contributed by atoms with E-state index in [1.165, 1.54) is 18.2 Å². The SMILES string of the molecule is NC(=S)c1cc(Cl)ccc1Oc1ccc(F)c(Br)c1. The molecule has 0 unspecified atom stereocenters. The fourth-order valence-electron chi connectivity index (χ4n) is 1.45. The second-order valence-corrected chi connectivity index (χ2v) is 5.41. The molecule has 19 heavy (non-hydrogen) atoms. The largest absolute Gasteiger partial charge is 0.457 e. The van der Waals surface area contributed by atoms with Crippen LogP contribution >= 0.6 is 39.7 Å². The van der Waals surface area contributed by atoms with Crippen LogP contribution in [0, 0.1) is 5.82 Å². The van der Waals surface area contributed by atoms with Crippen LogP contribution in [0.15, 0.2) is 40.9 Å². The van der Waals surface area contributed by atoms with Gasteiger partial charge in [0.25, 0.3) is 0 Å². The molecule has 0 bridgehead atoms. The van der Waals surface area contributed by atoms with Gasteiger partial charge in [0.15, 0.2) is 0 Å². The molecule has 2 aromatic rings. The van der Waals surface area contributed by atoms with Gasteiger partial charge in [-0.2, -0.15) is 0 Å². The second kappa shape index (κ2) is 5.86. The molecule has 0 saturated heterocycles. The lowest BCUT2D eigenvalue weighted by molar-refractivity contribution is 0.479. The number of thiocarbonyl (C=S) groups is 1. The van der Waals surface area contributed by atoms with E-state index >= 15 is 0 Å². The van der Waals surface area contributed by atoms with E-state index in [1.54, 1.807) is 18.2 Å². The van der Waals surface area contributed by atoms with Crippen molar-refractivity contribution in [2.24, 2.45) is 5.73 Å². The molecule has 0 fully saturated rings. The standard InChI is InChI=1S/C13H8BrClFNOS/c14-10-6-8(2-3-11(10)16)18-12-4-1-7(15)5-9(12)13(17)19/h1-6H,(H2,17,19). The fourth-order valence-corrected chi connectivity index (χ4v) is 2.14. The lowest BCUT2D eigenvalue weighted by Crippen LogP contribution is -2.10. The molecule has 2 aromatic carbocycles. The zero-order chi connectivity index (χ0) is 14.0. The predicted octanol–water partition coefficient (Wildman–Crippen LogP) is 4.67. The van der Waals surface area contributed by atoms with Crippen LogP contribution in [-0.4, -0.2) is 4.99 Å². The summed E-state index contributed by atoms with van der Waals surface area (Å²) in [6.45, 7) is 0. The summed E-state index contributed by atoms with van der Waals surface area (Å²) in [7, 11) is 0. The number of hydrogen-bond acceptors (Lipinski definition) is 2. The van der Waals surface area contributed by atoms with Crippen LogP contribution in [0.5, 0.6) is 11.5 Å². The maximum Gasteiger partial charge on any atom is 0.137 e. The zero-order valence-corrected chi connectivity index (χ0v) is 12.7. The highest BCUT2D eigenvalue weighted by Gasteiger charge is 2.09. The summed E-state index contributed by atoms with van der Waals surface area (Å²) in [5, 5.41) is 0.510. The first kappa shape index (κ1) is 14.2. The van der Waals surface area contributed by atoms with Crippen molar-refractivity contribution in [3.8, 4) is 11.5 Å². The van der Waals surface area contributed by atoms with Crippen LogP contribution < -0.4 is 10.5 Å². The smallest absolute Gasteiger partial charge is 0.137 e. The van der Waals surface area contributed by atoms with E-state index in [-0.39, 0.29) is 10.8 Å². The van der Waals surface area contributed by atoms with Crippen molar-refractivity contribution < 1.29 is 9.13 Å². The van der Waals surface area contributed by atoms with E-state index in [0.29, 0.717) is 26.6 Å². The molecule has 0 saturated carbocycles. The van der Waals surface area contributed by atoms with Crippen molar-refractivity contribution in [1.82, 2.24) is 0 Å². The third kappa shape index (κ3) is 3.43. The Kier molecular flexibility index (Phi) is 4.39. The van der Waals surface area contributed by atoms with E-state index in [2.05, 4.69) is 15.9 Å². The van der Waals surface area contributed by atoms with Gasteiger partial charge in [-0.3, -0.25) is 0 Å². The van der Waals surface area contributed by atoms with Gasteiger partial charge in [-0.05, 0) is 52.3 Å². The van der Waals surface area contributed by atoms with Gasteiger partial charge in [-0.15, -0.1) is 0 Å².